The van der Waals surface area contributed by atoms with Gasteiger partial charge in [-0.15, -0.1) is 0 Å². The van der Waals surface area contributed by atoms with Crippen molar-refractivity contribution in [3.8, 4) is 5.75 Å². The average Bonchev–Trinajstić information content (AvgIpc) is 2.29. The van der Waals surface area contributed by atoms with Crippen LogP contribution in [0.4, 0.5) is 5.69 Å². The van der Waals surface area contributed by atoms with Gasteiger partial charge in [0, 0.05) is 25.8 Å². The van der Waals surface area contributed by atoms with E-state index in [-0.39, 0.29) is 0 Å². The fraction of sp³-hybridized carbons (Fsp3) is 0.308. The SMILES string of the molecule is C=Nc1cc(OC)ccc1C(=C)C.COC. The van der Waals surface area contributed by atoms with Gasteiger partial charge in [0.2, 0.25) is 0 Å². The van der Waals surface area contributed by atoms with Crippen LogP contribution in [0.3, 0.4) is 0 Å². The van der Waals surface area contributed by atoms with Crippen molar-refractivity contribution in [3.63, 3.8) is 0 Å². The summed E-state index contributed by atoms with van der Waals surface area (Å²) in [6.45, 7) is 9.30. The van der Waals surface area contributed by atoms with Crippen molar-refractivity contribution in [2.24, 2.45) is 4.99 Å². The van der Waals surface area contributed by atoms with Gasteiger partial charge in [0.05, 0.1) is 12.8 Å². The highest BCUT2D eigenvalue weighted by molar-refractivity contribution is 5.74. The van der Waals surface area contributed by atoms with Crippen molar-refractivity contribution in [1.29, 1.82) is 0 Å². The molecule has 88 valence electrons. The van der Waals surface area contributed by atoms with Crippen LogP contribution in [0.15, 0.2) is 29.8 Å². The van der Waals surface area contributed by atoms with Crippen molar-refractivity contribution >= 4 is 18.0 Å². The molecule has 0 saturated heterocycles. The Hall–Kier alpha value is -1.61. The summed E-state index contributed by atoms with van der Waals surface area (Å²) in [5.41, 5.74) is 2.80. The van der Waals surface area contributed by atoms with Crippen LogP contribution in [0.5, 0.6) is 5.75 Å². The molecule has 0 fully saturated rings. The molecule has 1 aromatic carbocycles. The predicted molar refractivity (Wildman–Crippen MR) is 69.8 cm³/mol. The Bertz CT molecular complexity index is 359. The first-order chi connectivity index (χ1) is 7.60. The van der Waals surface area contributed by atoms with Gasteiger partial charge in [-0.1, -0.05) is 6.58 Å². The molecule has 0 radical (unpaired) electrons. The first kappa shape index (κ1) is 14.4. The van der Waals surface area contributed by atoms with Crippen LogP contribution in [-0.4, -0.2) is 28.0 Å². The molecule has 0 heterocycles. The summed E-state index contributed by atoms with van der Waals surface area (Å²) in [5.74, 6) is 0.785. The summed E-state index contributed by atoms with van der Waals surface area (Å²) >= 11 is 0. The molecule has 0 aromatic heterocycles. The van der Waals surface area contributed by atoms with Crippen LogP contribution in [0.2, 0.25) is 0 Å². The maximum atomic E-state index is 5.07. The lowest BCUT2D eigenvalue weighted by Crippen LogP contribution is -1.84. The lowest BCUT2D eigenvalue weighted by atomic mass is 10.1. The quantitative estimate of drug-likeness (QED) is 0.733. The van der Waals surface area contributed by atoms with Crippen molar-refractivity contribution in [3.05, 3.63) is 30.3 Å². The molecular weight excluding hydrogens is 202 g/mol. The van der Waals surface area contributed by atoms with E-state index in [1.165, 1.54) is 0 Å². The zero-order valence-corrected chi connectivity index (χ0v) is 10.4. The molecule has 0 unspecified atom stereocenters. The summed E-state index contributed by atoms with van der Waals surface area (Å²) in [5, 5.41) is 0. The van der Waals surface area contributed by atoms with E-state index < -0.39 is 0 Å². The average molecular weight is 221 g/mol. The van der Waals surface area contributed by atoms with Gasteiger partial charge in [-0.3, -0.25) is 4.99 Å². The Kier molecular flexibility index (Phi) is 6.88. The molecule has 1 aromatic rings. The van der Waals surface area contributed by atoms with E-state index in [1.807, 2.05) is 25.1 Å². The van der Waals surface area contributed by atoms with Gasteiger partial charge in [-0.2, -0.15) is 0 Å². The fourth-order valence-corrected chi connectivity index (χ4v) is 1.13. The van der Waals surface area contributed by atoms with Crippen molar-refractivity contribution in [2.45, 2.75) is 6.92 Å². The highest BCUT2D eigenvalue weighted by Crippen LogP contribution is 2.28. The zero-order valence-electron chi connectivity index (χ0n) is 10.4. The molecule has 0 atom stereocenters. The largest absolute Gasteiger partial charge is 0.497 e. The van der Waals surface area contributed by atoms with Crippen LogP contribution in [0.25, 0.3) is 5.57 Å². The third-order valence-electron chi connectivity index (χ3n) is 1.84. The monoisotopic (exact) mass is 221 g/mol. The summed E-state index contributed by atoms with van der Waals surface area (Å²) in [6, 6.07) is 5.67. The van der Waals surface area contributed by atoms with E-state index in [1.54, 1.807) is 21.3 Å². The summed E-state index contributed by atoms with van der Waals surface area (Å²) in [4.78, 5) is 3.91. The molecule has 0 aliphatic heterocycles. The molecule has 0 amide bonds. The smallest absolute Gasteiger partial charge is 0.121 e. The number of benzene rings is 1. The lowest BCUT2D eigenvalue weighted by Gasteiger charge is -2.06. The molecule has 0 aliphatic rings. The third-order valence-corrected chi connectivity index (χ3v) is 1.84. The minimum absolute atomic E-state index is 0.785. The van der Waals surface area contributed by atoms with Gasteiger partial charge in [0.15, 0.2) is 0 Å². The second-order valence-corrected chi connectivity index (χ2v) is 3.23. The molecule has 3 heteroatoms. The maximum absolute atomic E-state index is 5.07. The fourth-order valence-electron chi connectivity index (χ4n) is 1.13. The van der Waals surface area contributed by atoms with Gasteiger partial charge < -0.3 is 9.47 Å². The first-order valence-electron chi connectivity index (χ1n) is 4.81. The second-order valence-electron chi connectivity index (χ2n) is 3.23. The number of hydrogen-bond acceptors (Lipinski definition) is 3. The number of methoxy groups -OCH3 is 2. The Labute approximate surface area is 97.4 Å². The predicted octanol–water partition coefficient (Wildman–Crippen LogP) is 3.32. The number of hydrogen-bond donors (Lipinski definition) is 0. The summed E-state index contributed by atoms with van der Waals surface area (Å²) in [7, 11) is 4.88. The molecule has 0 aliphatic carbocycles. The van der Waals surface area contributed by atoms with Gasteiger partial charge in [0.1, 0.15) is 5.75 Å². The van der Waals surface area contributed by atoms with Crippen molar-refractivity contribution in [2.75, 3.05) is 21.3 Å². The Morgan fingerprint density at radius 1 is 1.25 bits per heavy atom. The van der Waals surface area contributed by atoms with Crippen LogP contribution in [0.1, 0.15) is 12.5 Å². The molecule has 1 rings (SSSR count). The molecular formula is C13H19NO2. The van der Waals surface area contributed by atoms with Crippen LogP contribution in [-0.2, 0) is 4.74 Å². The van der Waals surface area contributed by atoms with E-state index in [0.717, 1.165) is 22.6 Å². The summed E-state index contributed by atoms with van der Waals surface area (Å²) < 4.78 is 9.32. The Morgan fingerprint density at radius 2 is 1.81 bits per heavy atom. The Balaban J connectivity index is 0.000000673. The molecule has 3 nitrogen and oxygen atoms in total. The van der Waals surface area contributed by atoms with E-state index in [4.69, 9.17) is 4.74 Å². The zero-order chi connectivity index (χ0) is 12.6. The normalized spacial score (nSPS) is 8.75. The number of aliphatic imine (C=N–C) groups is 1. The van der Waals surface area contributed by atoms with E-state index in [0.29, 0.717) is 0 Å². The second kappa shape index (κ2) is 7.65. The van der Waals surface area contributed by atoms with Gasteiger partial charge >= 0.3 is 0 Å². The number of ether oxygens (including phenoxy) is 2. The number of allylic oxidation sites excluding steroid dienone is 1. The van der Waals surface area contributed by atoms with E-state index in [2.05, 4.69) is 23.0 Å². The van der Waals surface area contributed by atoms with Gasteiger partial charge in [-0.05, 0) is 31.3 Å². The number of rotatable bonds is 3. The van der Waals surface area contributed by atoms with Crippen LogP contribution < -0.4 is 4.74 Å². The molecule has 0 bridgehead atoms. The summed E-state index contributed by atoms with van der Waals surface area (Å²) in [6.07, 6.45) is 0. The standard InChI is InChI=1S/C11H13NO.C2H6O/c1-8(2)10-6-5-9(13-4)7-11(10)12-3;1-3-2/h5-7H,1,3H2,2,4H3;1-2H3. The molecule has 0 spiro atoms. The van der Waals surface area contributed by atoms with E-state index >= 15 is 0 Å². The highest BCUT2D eigenvalue weighted by Gasteiger charge is 2.02. The van der Waals surface area contributed by atoms with Crippen LogP contribution in [0, 0.1) is 0 Å². The molecule has 0 N–H and O–H groups in total. The maximum Gasteiger partial charge on any atom is 0.121 e. The molecule has 16 heavy (non-hydrogen) atoms. The lowest BCUT2D eigenvalue weighted by molar-refractivity contribution is 0.277. The Morgan fingerprint density at radius 3 is 2.19 bits per heavy atom. The minimum atomic E-state index is 0.785. The highest BCUT2D eigenvalue weighted by atomic mass is 16.5. The first-order valence-corrected chi connectivity index (χ1v) is 4.81. The van der Waals surface area contributed by atoms with Gasteiger partial charge in [-0.25, -0.2) is 0 Å². The third kappa shape index (κ3) is 4.28. The minimum Gasteiger partial charge on any atom is -0.497 e. The van der Waals surface area contributed by atoms with Gasteiger partial charge in [0.25, 0.3) is 0 Å². The molecule has 0 saturated carbocycles. The number of nitrogens with zero attached hydrogens (tertiary/aromatic N) is 1. The van der Waals surface area contributed by atoms with Crippen molar-refractivity contribution in [1.82, 2.24) is 0 Å². The van der Waals surface area contributed by atoms with E-state index in [9.17, 15) is 0 Å². The topological polar surface area (TPSA) is 30.8 Å². The van der Waals surface area contributed by atoms with Crippen LogP contribution >= 0.6 is 0 Å². The van der Waals surface area contributed by atoms with Crippen molar-refractivity contribution < 1.29 is 9.47 Å².